The molecule has 7 nitrogen and oxygen atoms in total. The first-order valence-corrected chi connectivity index (χ1v) is 11.0. The van der Waals surface area contributed by atoms with Crippen molar-refractivity contribution in [1.29, 1.82) is 0 Å². The largest absolute Gasteiger partial charge is 0.435 e. The quantitative estimate of drug-likeness (QED) is 0.488. The minimum atomic E-state index is -4.79. The van der Waals surface area contributed by atoms with Crippen LogP contribution in [0.5, 0.6) is 0 Å². The summed E-state index contributed by atoms with van der Waals surface area (Å²) in [4.78, 5) is 33.1. The summed E-state index contributed by atoms with van der Waals surface area (Å²) in [5, 5.41) is 3.60. The van der Waals surface area contributed by atoms with E-state index in [1.165, 1.54) is 24.0 Å². The topological polar surface area (TPSA) is 73.7 Å². The van der Waals surface area contributed by atoms with E-state index < -0.39 is 23.3 Å². The number of nitrogens with one attached hydrogen (secondary N) is 1. The molecule has 2 aromatic heterocycles. The van der Waals surface area contributed by atoms with Gasteiger partial charge in [0.15, 0.2) is 5.69 Å². The molecule has 0 saturated carbocycles. The summed E-state index contributed by atoms with van der Waals surface area (Å²) in [5.74, 6) is -0.538. The Morgan fingerprint density at radius 1 is 1.06 bits per heavy atom. The van der Waals surface area contributed by atoms with E-state index in [0.717, 1.165) is 5.69 Å². The summed E-state index contributed by atoms with van der Waals surface area (Å²) >= 11 is 0. The lowest BCUT2D eigenvalue weighted by Gasteiger charge is -2.36. The van der Waals surface area contributed by atoms with Gasteiger partial charge in [-0.25, -0.2) is 0 Å². The van der Waals surface area contributed by atoms with E-state index >= 15 is 0 Å². The Hall–Kier alpha value is -4.26. The molecule has 1 fully saturated rings. The second kappa shape index (κ2) is 8.51. The van der Waals surface area contributed by atoms with Gasteiger partial charge in [-0.2, -0.15) is 22.8 Å². The Labute approximate surface area is 198 Å². The zero-order valence-electron chi connectivity index (χ0n) is 18.7. The molecule has 178 valence electrons. The minimum absolute atomic E-state index is 0.107. The number of benzene rings is 1. The van der Waals surface area contributed by atoms with Gasteiger partial charge in [0.1, 0.15) is 11.2 Å². The van der Waals surface area contributed by atoms with Crippen LogP contribution in [0.1, 0.15) is 21.7 Å². The number of fused-ring (bicyclic) bond motifs is 1. The highest BCUT2D eigenvalue weighted by Crippen LogP contribution is 2.38. The number of aromatic nitrogens is 3. The number of anilines is 1. The lowest BCUT2D eigenvalue weighted by atomic mass is 10.1. The Morgan fingerprint density at radius 2 is 1.77 bits per heavy atom. The Balaban J connectivity index is 1.53. The second-order valence-corrected chi connectivity index (χ2v) is 8.25. The van der Waals surface area contributed by atoms with Gasteiger partial charge in [0, 0.05) is 43.6 Å². The number of piperazine rings is 1. The molecule has 0 bridgehead atoms. The van der Waals surface area contributed by atoms with Crippen molar-refractivity contribution < 1.29 is 18.0 Å². The number of halogens is 3. The number of aromatic amines is 1. The third-order valence-electron chi connectivity index (χ3n) is 6.09. The molecule has 3 heterocycles. The number of hydrogen-bond donors (Lipinski definition) is 1. The third-order valence-corrected chi connectivity index (χ3v) is 6.09. The summed E-state index contributed by atoms with van der Waals surface area (Å²) in [6.45, 7) is 3.31. The first-order valence-electron chi connectivity index (χ1n) is 11.0. The lowest BCUT2D eigenvalue weighted by molar-refractivity contribution is -0.140. The lowest BCUT2D eigenvalue weighted by Crippen LogP contribution is -2.50. The predicted octanol–water partition coefficient (Wildman–Crippen LogP) is 3.58. The predicted molar refractivity (Wildman–Crippen MR) is 123 cm³/mol. The normalized spacial score (nSPS) is 14.3. The number of alkyl halides is 3. The molecule has 0 aliphatic carbocycles. The molecule has 1 N–H and O–H groups in total. The SMILES string of the molecule is Cc1[nH]c2c(-c3ccccc3)c(C(F)(F)F)nn2c(=O)c1C(=O)N1CCN(c2cc#ccc2)CC1. The van der Waals surface area contributed by atoms with Crippen LogP contribution in [0.3, 0.4) is 0 Å². The van der Waals surface area contributed by atoms with Gasteiger partial charge in [-0.05, 0) is 24.6 Å². The van der Waals surface area contributed by atoms with Crippen molar-refractivity contribution in [2.45, 2.75) is 13.1 Å². The molecule has 1 aliphatic heterocycles. The van der Waals surface area contributed by atoms with Crippen LogP contribution in [0.15, 0.2) is 53.3 Å². The zero-order valence-corrected chi connectivity index (χ0v) is 18.7. The van der Waals surface area contributed by atoms with Gasteiger partial charge in [0.2, 0.25) is 0 Å². The van der Waals surface area contributed by atoms with Gasteiger partial charge in [-0.15, -0.1) is 0 Å². The average Bonchev–Trinajstić information content (AvgIpc) is 3.25. The van der Waals surface area contributed by atoms with E-state index in [0.29, 0.717) is 30.7 Å². The van der Waals surface area contributed by atoms with E-state index in [9.17, 15) is 22.8 Å². The highest BCUT2D eigenvalue weighted by atomic mass is 19.4. The van der Waals surface area contributed by atoms with Crippen LogP contribution in [0.25, 0.3) is 16.8 Å². The molecule has 0 spiro atoms. The van der Waals surface area contributed by atoms with Crippen molar-refractivity contribution in [2.24, 2.45) is 0 Å². The molecule has 2 aromatic carbocycles. The summed E-state index contributed by atoms with van der Waals surface area (Å²) in [5.41, 5.74) is -1.23. The molecule has 1 saturated heterocycles. The van der Waals surface area contributed by atoms with Gasteiger partial charge in [0.05, 0.1) is 5.56 Å². The average molecular weight is 479 g/mol. The van der Waals surface area contributed by atoms with Gasteiger partial charge in [-0.3, -0.25) is 9.59 Å². The number of aryl methyl sites for hydroxylation is 1. The number of rotatable bonds is 3. The van der Waals surface area contributed by atoms with E-state index in [2.05, 4.69) is 27.1 Å². The number of carbonyl (C=O) groups excluding carboxylic acids is 1. The molecule has 0 radical (unpaired) electrons. The maximum Gasteiger partial charge on any atom is 0.435 e. The number of nitrogens with zero attached hydrogens (tertiary/aromatic N) is 4. The fourth-order valence-corrected chi connectivity index (χ4v) is 4.38. The standard InChI is InChI=1S/C25H20F3N5O2/c1-16-19(23(34)32-14-12-31(13-15-32)18-10-6-3-7-11-18)24(35)33-22(29-16)20(17-8-4-2-5-9-17)21(30-33)25(26,27)28/h2,4-6,8-11,29H,12-15H2,1H3. The highest BCUT2D eigenvalue weighted by molar-refractivity contribution is 5.95. The van der Waals surface area contributed by atoms with Crippen molar-refractivity contribution >= 4 is 17.2 Å². The number of amides is 1. The van der Waals surface area contributed by atoms with E-state index in [4.69, 9.17) is 0 Å². The maximum atomic E-state index is 13.9. The first kappa shape index (κ1) is 22.5. The molecule has 1 aliphatic rings. The molecule has 10 heteroatoms. The highest BCUT2D eigenvalue weighted by Gasteiger charge is 2.40. The van der Waals surface area contributed by atoms with Gasteiger partial charge in [0.25, 0.3) is 11.5 Å². The Morgan fingerprint density at radius 3 is 2.40 bits per heavy atom. The minimum Gasteiger partial charge on any atom is -0.367 e. The van der Waals surface area contributed by atoms with Crippen molar-refractivity contribution in [3.8, 4) is 11.1 Å². The second-order valence-electron chi connectivity index (χ2n) is 8.25. The molecule has 0 unspecified atom stereocenters. The summed E-state index contributed by atoms with van der Waals surface area (Å²) < 4.78 is 42.2. The van der Waals surface area contributed by atoms with Crippen molar-refractivity contribution in [3.63, 3.8) is 0 Å². The summed E-state index contributed by atoms with van der Waals surface area (Å²) in [7, 11) is 0. The van der Waals surface area contributed by atoms with Gasteiger partial charge >= 0.3 is 6.18 Å². The molecule has 1 amide bonds. The molecule has 35 heavy (non-hydrogen) atoms. The summed E-state index contributed by atoms with van der Waals surface area (Å²) in [6.07, 6.45) is -4.79. The smallest absolute Gasteiger partial charge is 0.367 e. The van der Waals surface area contributed by atoms with Crippen molar-refractivity contribution in [2.75, 3.05) is 31.1 Å². The van der Waals surface area contributed by atoms with Crippen LogP contribution in [0, 0.1) is 19.1 Å². The van der Waals surface area contributed by atoms with E-state index in [-0.39, 0.29) is 28.0 Å². The molecule has 0 atom stereocenters. The maximum absolute atomic E-state index is 13.9. The van der Waals surface area contributed by atoms with Crippen LogP contribution in [0.2, 0.25) is 0 Å². The molecular formula is C25H20F3N5O2. The van der Waals surface area contributed by atoms with Crippen LogP contribution >= 0.6 is 0 Å². The van der Waals surface area contributed by atoms with Crippen molar-refractivity contribution in [1.82, 2.24) is 19.5 Å². The van der Waals surface area contributed by atoms with E-state index in [1.807, 2.05) is 6.07 Å². The fraction of sp³-hybridized carbons (Fsp3) is 0.240. The van der Waals surface area contributed by atoms with E-state index in [1.54, 1.807) is 30.3 Å². The Bertz CT molecular complexity index is 1440. The van der Waals surface area contributed by atoms with Gasteiger partial charge < -0.3 is 14.8 Å². The molecule has 4 aromatic rings. The summed E-state index contributed by atoms with van der Waals surface area (Å²) in [6, 6.07) is 19.1. The monoisotopic (exact) mass is 479 g/mol. The van der Waals surface area contributed by atoms with Crippen LogP contribution in [0.4, 0.5) is 18.9 Å². The van der Waals surface area contributed by atoms with Crippen LogP contribution in [-0.2, 0) is 6.18 Å². The zero-order chi connectivity index (χ0) is 24.7. The molecule has 5 rings (SSSR count). The number of H-pyrrole nitrogens is 1. The number of carbonyl (C=O) groups is 1. The van der Waals surface area contributed by atoms with Crippen LogP contribution < -0.4 is 10.5 Å². The van der Waals surface area contributed by atoms with Gasteiger partial charge in [-0.1, -0.05) is 42.5 Å². The molecular weight excluding hydrogens is 459 g/mol. The third kappa shape index (κ3) is 3.99. The van der Waals surface area contributed by atoms with Crippen molar-refractivity contribution in [3.05, 3.63) is 88.0 Å². The fourth-order valence-electron chi connectivity index (χ4n) is 4.38. The van der Waals surface area contributed by atoms with Crippen LogP contribution in [-0.4, -0.2) is 51.6 Å². The number of hydrogen-bond acceptors (Lipinski definition) is 4. The Kier molecular flexibility index (Phi) is 5.47. The first-order chi connectivity index (χ1) is 16.8.